The minimum absolute atomic E-state index is 0.0808. The van der Waals surface area contributed by atoms with Gasteiger partial charge in [-0.3, -0.25) is 4.79 Å². The molecule has 6 atom stereocenters. The van der Waals surface area contributed by atoms with Gasteiger partial charge in [0.15, 0.2) is 0 Å². The Bertz CT molecular complexity index is 721. The van der Waals surface area contributed by atoms with Crippen molar-refractivity contribution < 1.29 is 33.7 Å². The number of esters is 2. The summed E-state index contributed by atoms with van der Waals surface area (Å²) in [5, 5.41) is 10.7. The molecule has 2 aliphatic heterocycles. The van der Waals surface area contributed by atoms with E-state index in [9.17, 15) is 19.5 Å². The summed E-state index contributed by atoms with van der Waals surface area (Å²) in [6, 6.07) is 0. The van der Waals surface area contributed by atoms with Crippen LogP contribution in [0.4, 0.5) is 0 Å². The molecule has 0 radical (unpaired) electrons. The first kappa shape index (κ1) is 18.5. The fraction of sp³-hybridized carbons (Fsp3) is 0.526. The summed E-state index contributed by atoms with van der Waals surface area (Å²) in [5.41, 5.74) is -0.218. The molecule has 26 heavy (non-hydrogen) atoms. The van der Waals surface area contributed by atoms with Crippen molar-refractivity contribution >= 4 is 18.2 Å². The standard InChI is InChI=1S/C19H22O7/c1-9(2)17(22)24-14-12-10(3)18(23)25-15(12)16-19(4,26-16)7-5-6-11(8-20)13(14)21/h6,8,12-16,21H,1,3,5,7H2,2,4H3/b11-6-/t12-,13+,14?,15+,16+,19-/m1/s1. The van der Waals surface area contributed by atoms with Crippen LogP contribution in [0.15, 0.2) is 36.0 Å². The minimum Gasteiger partial charge on any atom is -0.455 e. The first-order valence-corrected chi connectivity index (χ1v) is 8.47. The number of aliphatic hydroxyl groups is 1. The van der Waals surface area contributed by atoms with Gasteiger partial charge in [0.05, 0.1) is 11.5 Å². The molecule has 7 heteroatoms. The molecule has 0 bridgehead atoms. The van der Waals surface area contributed by atoms with Gasteiger partial charge in [0, 0.05) is 16.7 Å². The second kappa shape index (κ2) is 6.48. The smallest absolute Gasteiger partial charge is 0.334 e. The third kappa shape index (κ3) is 3.01. The normalized spacial score (nSPS) is 41.0. The first-order chi connectivity index (χ1) is 12.2. The van der Waals surface area contributed by atoms with Crippen LogP contribution >= 0.6 is 0 Å². The predicted molar refractivity (Wildman–Crippen MR) is 89.9 cm³/mol. The molecule has 1 unspecified atom stereocenters. The van der Waals surface area contributed by atoms with Gasteiger partial charge in [0.2, 0.25) is 0 Å². The van der Waals surface area contributed by atoms with Crippen LogP contribution < -0.4 is 0 Å². The lowest BCUT2D eigenvalue weighted by molar-refractivity contribution is -0.155. The molecule has 0 aromatic carbocycles. The molecule has 2 saturated heterocycles. The Labute approximate surface area is 151 Å². The number of hydrogen-bond acceptors (Lipinski definition) is 7. The van der Waals surface area contributed by atoms with Gasteiger partial charge in [-0.1, -0.05) is 19.2 Å². The number of aldehydes is 1. The van der Waals surface area contributed by atoms with Crippen LogP contribution in [0.5, 0.6) is 0 Å². The predicted octanol–water partition coefficient (Wildman–Crippen LogP) is 1.01. The second-order valence-corrected chi connectivity index (χ2v) is 7.23. The summed E-state index contributed by atoms with van der Waals surface area (Å²) in [4.78, 5) is 35.7. The molecule has 0 aromatic rings. The SMILES string of the molecule is C=C(C)C(=O)OC1[C@H]2C(=C)C(=O)O[C@@H]2[C@@H]2O[C@]2(C)CC/C=C(/C=O)[C@@H]1O. The van der Waals surface area contributed by atoms with Gasteiger partial charge in [0.1, 0.15) is 30.7 Å². The monoisotopic (exact) mass is 362 g/mol. The molecular weight excluding hydrogens is 340 g/mol. The molecule has 0 spiro atoms. The first-order valence-electron chi connectivity index (χ1n) is 8.47. The number of aliphatic hydroxyl groups excluding tert-OH is 1. The van der Waals surface area contributed by atoms with Gasteiger partial charge in [-0.2, -0.15) is 0 Å². The minimum atomic E-state index is -1.42. The number of allylic oxidation sites excluding steroid dienone is 1. The summed E-state index contributed by atoms with van der Waals surface area (Å²) in [7, 11) is 0. The highest BCUT2D eigenvalue weighted by molar-refractivity contribution is 5.92. The number of ether oxygens (including phenoxy) is 3. The van der Waals surface area contributed by atoms with Crippen LogP contribution in [-0.2, 0) is 28.6 Å². The van der Waals surface area contributed by atoms with Gasteiger partial charge in [-0.05, 0) is 26.7 Å². The molecule has 3 rings (SSSR count). The Kier molecular flexibility index (Phi) is 4.62. The molecule has 0 amide bonds. The third-order valence-corrected chi connectivity index (χ3v) is 5.26. The van der Waals surface area contributed by atoms with Crippen LogP contribution in [0, 0.1) is 5.92 Å². The van der Waals surface area contributed by atoms with Crippen molar-refractivity contribution in [1.29, 1.82) is 0 Å². The van der Waals surface area contributed by atoms with Gasteiger partial charge in [-0.15, -0.1) is 0 Å². The third-order valence-electron chi connectivity index (χ3n) is 5.26. The van der Waals surface area contributed by atoms with Gasteiger partial charge >= 0.3 is 11.9 Å². The Balaban J connectivity index is 2.05. The molecule has 0 aromatic heterocycles. The van der Waals surface area contributed by atoms with E-state index < -0.39 is 41.8 Å². The lowest BCUT2D eigenvalue weighted by Gasteiger charge is -2.31. The van der Waals surface area contributed by atoms with Gasteiger partial charge in [0.25, 0.3) is 0 Å². The van der Waals surface area contributed by atoms with Crippen molar-refractivity contribution in [3.05, 3.63) is 36.0 Å². The Hall–Kier alpha value is -2.25. The molecule has 140 valence electrons. The molecular formula is C19H22O7. The average Bonchev–Trinajstić information content (AvgIpc) is 3.17. The summed E-state index contributed by atoms with van der Waals surface area (Å²) in [6.45, 7) is 10.6. The van der Waals surface area contributed by atoms with Crippen molar-refractivity contribution in [2.75, 3.05) is 0 Å². The van der Waals surface area contributed by atoms with E-state index in [1.54, 1.807) is 6.08 Å². The summed E-state index contributed by atoms with van der Waals surface area (Å²) in [5.74, 6) is -2.19. The van der Waals surface area contributed by atoms with E-state index in [-0.39, 0.29) is 22.8 Å². The molecule has 0 saturated carbocycles. The van der Waals surface area contributed by atoms with E-state index in [4.69, 9.17) is 14.2 Å². The highest BCUT2D eigenvalue weighted by Gasteiger charge is 2.64. The molecule has 2 heterocycles. The zero-order valence-electron chi connectivity index (χ0n) is 14.8. The van der Waals surface area contributed by atoms with E-state index in [0.29, 0.717) is 19.1 Å². The van der Waals surface area contributed by atoms with Crippen LogP contribution in [0.1, 0.15) is 26.7 Å². The van der Waals surface area contributed by atoms with Crippen molar-refractivity contribution in [1.82, 2.24) is 0 Å². The topological polar surface area (TPSA) is 102 Å². The van der Waals surface area contributed by atoms with Crippen LogP contribution in [0.25, 0.3) is 0 Å². The van der Waals surface area contributed by atoms with Crippen LogP contribution in [0.2, 0.25) is 0 Å². The molecule has 1 aliphatic carbocycles. The summed E-state index contributed by atoms with van der Waals surface area (Å²) in [6.07, 6.45) is -0.551. The fourth-order valence-corrected chi connectivity index (χ4v) is 3.63. The maximum Gasteiger partial charge on any atom is 0.334 e. The molecule has 1 N–H and O–H groups in total. The van der Waals surface area contributed by atoms with E-state index in [1.807, 2.05) is 6.92 Å². The summed E-state index contributed by atoms with van der Waals surface area (Å²) >= 11 is 0. The maximum absolute atomic E-state index is 12.1. The van der Waals surface area contributed by atoms with Crippen molar-refractivity contribution in [3.8, 4) is 0 Å². The lowest BCUT2D eigenvalue weighted by Crippen LogP contribution is -2.45. The Morgan fingerprint density at radius 3 is 2.81 bits per heavy atom. The number of carbonyl (C=O) groups is 3. The molecule has 7 nitrogen and oxygen atoms in total. The zero-order chi connectivity index (χ0) is 19.2. The maximum atomic E-state index is 12.1. The molecule has 2 fully saturated rings. The van der Waals surface area contributed by atoms with Crippen LogP contribution in [-0.4, -0.2) is 53.3 Å². The van der Waals surface area contributed by atoms with Crippen molar-refractivity contribution in [2.45, 2.75) is 56.7 Å². The lowest BCUT2D eigenvalue weighted by atomic mass is 9.80. The quantitative estimate of drug-likeness (QED) is 0.346. The number of rotatable bonds is 3. The van der Waals surface area contributed by atoms with E-state index >= 15 is 0 Å². The number of carbonyl (C=O) groups excluding carboxylic acids is 3. The van der Waals surface area contributed by atoms with E-state index in [2.05, 4.69) is 13.2 Å². The number of fused-ring (bicyclic) bond motifs is 3. The summed E-state index contributed by atoms with van der Waals surface area (Å²) < 4.78 is 16.6. The highest BCUT2D eigenvalue weighted by atomic mass is 16.6. The second-order valence-electron chi connectivity index (χ2n) is 7.23. The van der Waals surface area contributed by atoms with Crippen molar-refractivity contribution in [3.63, 3.8) is 0 Å². The van der Waals surface area contributed by atoms with Crippen molar-refractivity contribution in [2.24, 2.45) is 5.92 Å². The largest absolute Gasteiger partial charge is 0.455 e. The fourth-order valence-electron chi connectivity index (χ4n) is 3.63. The zero-order valence-corrected chi connectivity index (χ0v) is 14.8. The Morgan fingerprint density at radius 1 is 1.50 bits per heavy atom. The highest BCUT2D eigenvalue weighted by Crippen LogP contribution is 2.50. The van der Waals surface area contributed by atoms with E-state index in [0.717, 1.165) is 0 Å². The average molecular weight is 362 g/mol. The van der Waals surface area contributed by atoms with Crippen LogP contribution in [0.3, 0.4) is 0 Å². The number of epoxide rings is 1. The van der Waals surface area contributed by atoms with Gasteiger partial charge < -0.3 is 19.3 Å². The Morgan fingerprint density at radius 2 is 2.19 bits per heavy atom. The molecule has 3 aliphatic rings. The van der Waals surface area contributed by atoms with Gasteiger partial charge in [-0.25, -0.2) is 9.59 Å². The van der Waals surface area contributed by atoms with E-state index in [1.165, 1.54) is 6.92 Å². The number of hydrogen-bond donors (Lipinski definition) is 1.